The molecule has 0 bridgehead atoms. The molecule has 0 aromatic heterocycles. The molecule has 0 aliphatic carbocycles. The number of halogens is 3. The largest absolute Gasteiger partial charge is 0.481 e. The van der Waals surface area contributed by atoms with E-state index in [1.807, 2.05) is 22.6 Å². The maximum absolute atomic E-state index is 13.6. The maximum Gasteiger partial charge on any atom is 0.208 e. The maximum atomic E-state index is 13.6. The zero-order chi connectivity index (χ0) is 14.6. The number of hydrogen-bond acceptors (Lipinski definition) is 2. The highest BCUT2D eigenvalue weighted by atomic mass is 127. The molecule has 2 nitrogen and oxygen atoms in total. The Morgan fingerprint density at radius 1 is 1.37 bits per heavy atom. The van der Waals surface area contributed by atoms with E-state index in [4.69, 9.17) is 4.74 Å². The van der Waals surface area contributed by atoms with Crippen molar-refractivity contribution < 1.29 is 13.5 Å². The van der Waals surface area contributed by atoms with Gasteiger partial charge in [0, 0.05) is 22.3 Å². The number of benzene rings is 1. The summed E-state index contributed by atoms with van der Waals surface area (Å²) in [5.41, 5.74) is 0.970. The van der Waals surface area contributed by atoms with Crippen LogP contribution in [0.5, 0.6) is 0 Å². The van der Waals surface area contributed by atoms with Gasteiger partial charge in [-0.05, 0) is 52.8 Å². The van der Waals surface area contributed by atoms with Gasteiger partial charge < -0.3 is 4.74 Å². The molecule has 0 amide bonds. The second kappa shape index (κ2) is 6.79. The normalized spacial score (nSPS) is 12.5. The summed E-state index contributed by atoms with van der Waals surface area (Å²) >= 11 is 1.99. The van der Waals surface area contributed by atoms with Crippen molar-refractivity contribution in [3.8, 4) is 0 Å². The van der Waals surface area contributed by atoms with Crippen LogP contribution < -0.4 is 0 Å². The lowest BCUT2D eigenvalue weighted by molar-refractivity contribution is 0.406. The highest BCUT2D eigenvalue weighted by Crippen LogP contribution is 2.29. The Labute approximate surface area is 125 Å². The molecular formula is C14H14F2INO. The number of aliphatic imine (C=N–C) groups is 1. The third kappa shape index (κ3) is 3.86. The Morgan fingerprint density at radius 3 is 2.26 bits per heavy atom. The second-order valence-corrected chi connectivity index (χ2v) is 5.10. The van der Waals surface area contributed by atoms with Gasteiger partial charge in [-0.25, -0.2) is 8.78 Å². The van der Waals surface area contributed by atoms with Gasteiger partial charge in [0.05, 0.1) is 7.11 Å². The predicted octanol–water partition coefficient (Wildman–Crippen LogP) is 4.28. The van der Waals surface area contributed by atoms with E-state index in [2.05, 4.69) is 11.6 Å². The molecule has 102 valence electrons. The van der Waals surface area contributed by atoms with Crippen molar-refractivity contribution in [2.24, 2.45) is 4.99 Å². The van der Waals surface area contributed by atoms with Crippen LogP contribution in [0.4, 0.5) is 8.78 Å². The van der Waals surface area contributed by atoms with Gasteiger partial charge in [-0.2, -0.15) is 0 Å². The van der Waals surface area contributed by atoms with Crippen LogP contribution in [0.2, 0.25) is 0 Å². The van der Waals surface area contributed by atoms with Gasteiger partial charge in [-0.3, -0.25) is 4.99 Å². The van der Waals surface area contributed by atoms with Gasteiger partial charge in [0.15, 0.2) is 0 Å². The third-order valence-electron chi connectivity index (χ3n) is 2.58. The smallest absolute Gasteiger partial charge is 0.208 e. The number of rotatable bonds is 3. The molecule has 0 spiro atoms. The lowest BCUT2D eigenvalue weighted by atomic mass is 10.0. The predicted molar refractivity (Wildman–Crippen MR) is 82.6 cm³/mol. The first kappa shape index (κ1) is 15.8. The zero-order valence-corrected chi connectivity index (χ0v) is 13.1. The van der Waals surface area contributed by atoms with Gasteiger partial charge in [0.2, 0.25) is 5.90 Å². The summed E-state index contributed by atoms with van der Waals surface area (Å²) in [5.74, 6) is -0.828. The molecular weight excluding hydrogens is 363 g/mol. The Balaban J connectivity index is 3.40. The standard InChI is InChI=1S/C14H14F2INO/c1-8-12(15)5-10(6-13(8)16)11(9(2)17)7-14(18-3)19-4/h5-7H,2H2,1,3-4H3/b11-7+,18-14+. The van der Waals surface area contributed by atoms with Crippen molar-refractivity contribution in [2.45, 2.75) is 6.92 Å². The zero-order valence-electron chi connectivity index (χ0n) is 10.9. The summed E-state index contributed by atoms with van der Waals surface area (Å²) in [6.45, 7) is 5.19. The molecule has 0 saturated carbocycles. The van der Waals surface area contributed by atoms with Gasteiger partial charge in [0.25, 0.3) is 0 Å². The van der Waals surface area contributed by atoms with E-state index in [1.54, 1.807) is 13.1 Å². The summed E-state index contributed by atoms with van der Waals surface area (Å²) in [4.78, 5) is 3.90. The SMILES string of the molecule is C=C(I)/C(=C\C(=N/C)OC)c1cc(F)c(C)c(F)c1. The fourth-order valence-corrected chi connectivity index (χ4v) is 1.92. The van der Waals surface area contributed by atoms with E-state index < -0.39 is 11.6 Å². The number of ether oxygens (including phenoxy) is 1. The molecule has 0 unspecified atom stereocenters. The first-order chi connectivity index (χ1) is 8.90. The Hall–Kier alpha value is -1.24. The Bertz CT molecular complexity index is 542. The molecule has 0 aliphatic rings. The van der Waals surface area contributed by atoms with Crippen molar-refractivity contribution >= 4 is 34.1 Å². The van der Waals surface area contributed by atoms with Crippen molar-refractivity contribution in [1.82, 2.24) is 0 Å². The molecule has 1 aromatic rings. The molecule has 0 saturated heterocycles. The third-order valence-corrected chi connectivity index (χ3v) is 3.16. The number of nitrogens with zero attached hydrogens (tertiary/aromatic N) is 1. The Morgan fingerprint density at radius 2 is 1.89 bits per heavy atom. The van der Waals surface area contributed by atoms with Crippen LogP contribution in [0, 0.1) is 18.6 Å². The molecule has 0 atom stereocenters. The summed E-state index contributed by atoms with van der Waals surface area (Å²) in [5, 5.41) is 0. The monoisotopic (exact) mass is 377 g/mol. The molecule has 1 rings (SSSR count). The van der Waals surface area contributed by atoms with E-state index in [-0.39, 0.29) is 5.56 Å². The minimum absolute atomic E-state index is 0.00158. The van der Waals surface area contributed by atoms with Crippen LogP contribution in [-0.4, -0.2) is 20.1 Å². The molecule has 1 aromatic carbocycles. The van der Waals surface area contributed by atoms with Crippen LogP contribution in [0.1, 0.15) is 11.1 Å². The lowest BCUT2D eigenvalue weighted by Crippen LogP contribution is -2.00. The number of methoxy groups -OCH3 is 1. The fourth-order valence-electron chi connectivity index (χ4n) is 1.46. The Kier molecular flexibility index (Phi) is 5.65. The number of hydrogen-bond donors (Lipinski definition) is 0. The average molecular weight is 377 g/mol. The van der Waals surface area contributed by atoms with E-state index in [1.165, 1.54) is 26.2 Å². The quantitative estimate of drug-likeness (QED) is 0.334. The summed E-state index contributed by atoms with van der Waals surface area (Å²) in [6.07, 6.45) is 1.60. The molecule has 5 heteroatoms. The molecule has 0 heterocycles. The van der Waals surface area contributed by atoms with Crippen molar-refractivity contribution in [3.05, 3.63) is 51.1 Å². The van der Waals surface area contributed by atoms with Crippen LogP contribution >= 0.6 is 22.6 Å². The second-order valence-electron chi connectivity index (χ2n) is 3.79. The van der Waals surface area contributed by atoms with Gasteiger partial charge in [-0.15, -0.1) is 0 Å². The van der Waals surface area contributed by atoms with E-state index in [0.717, 1.165) is 0 Å². The van der Waals surface area contributed by atoms with Crippen LogP contribution in [0.15, 0.2) is 33.4 Å². The summed E-state index contributed by atoms with van der Waals surface area (Å²) < 4.78 is 32.9. The van der Waals surface area contributed by atoms with Crippen LogP contribution in [0.3, 0.4) is 0 Å². The van der Waals surface area contributed by atoms with Gasteiger partial charge in [-0.1, -0.05) is 6.58 Å². The molecule has 0 fully saturated rings. The van der Waals surface area contributed by atoms with E-state index in [0.29, 0.717) is 20.6 Å². The first-order valence-corrected chi connectivity index (χ1v) is 6.51. The van der Waals surface area contributed by atoms with Crippen molar-refractivity contribution in [3.63, 3.8) is 0 Å². The minimum Gasteiger partial charge on any atom is -0.481 e. The molecule has 0 N–H and O–H groups in total. The molecule has 19 heavy (non-hydrogen) atoms. The fraction of sp³-hybridized carbons (Fsp3) is 0.214. The van der Waals surface area contributed by atoms with E-state index in [9.17, 15) is 8.78 Å². The van der Waals surface area contributed by atoms with E-state index >= 15 is 0 Å². The minimum atomic E-state index is -0.592. The summed E-state index contributed by atoms with van der Waals surface area (Å²) in [6, 6.07) is 2.55. The average Bonchev–Trinajstić information content (AvgIpc) is 2.36. The summed E-state index contributed by atoms with van der Waals surface area (Å²) in [7, 11) is 3.04. The number of allylic oxidation sites excluding steroid dienone is 2. The van der Waals surface area contributed by atoms with Crippen LogP contribution in [-0.2, 0) is 4.74 Å². The highest BCUT2D eigenvalue weighted by molar-refractivity contribution is 14.1. The van der Waals surface area contributed by atoms with Gasteiger partial charge >= 0.3 is 0 Å². The molecule has 0 aliphatic heterocycles. The van der Waals surface area contributed by atoms with Crippen molar-refractivity contribution in [2.75, 3.05) is 14.2 Å². The van der Waals surface area contributed by atoms with Gasteiger partial charge in [0.1, 0.15) is 11.6 Å². The molecule has 0 radical (unpaired) electrons. The first-order valence-electron chi connectivity index (χ1n) is 5.44. The topological polar surface area (TPSA) is 21.6 Å². The van der Waals surface area contributed by atoms with Crippen molar-refractivity contribution in [1.29, 1.82) is 0 Å². The lowest BCUT2D eigenvalue weighted by Gasteiger charge is -2.09. The van der Waals surface area contributed by atoms with Crippen LogP contribution in [0.25, 0.3) is 5.57 Å². The highest BCUT2D eigenvalue weighted by Gasteiger charge is 2.12.